The van der Waals surface area contributed by atoms with Gasteiger partial charge in [-0.05, 0) is 19.0 Å². The first-order valence-electron chi connectivity index (χ1n) is 8.62. The van der Waals surface area contributed by atoms with Crippen LogP contribution in [0.25, 0.3) is 0 Å². The number of hydrogen-bond acceptors (Lipinski definition) is 8. The number of Topliss-reactive ketones (excluding diaryl/α,β-unsaturated/α-hetero) is 1. The minimum atomic E-state index is -4.81. The number of nitriles is 1. The number of anilines is 2. The fraction of sp³-hybridized carbons (Fsp3) is 0.333. The van der Waals surface area contributed by atoms with Gasteiger partial charge in [0.15, 0.2) is 5.78 Å². The minimum Gasteiger partial charge on any atom is -0.405 e. The molecule has 0 amide bonds. The van der Waals surface area contributed by atoms with E-state index in [1.807, 2.05) is 6.07 Å². The Kier molecular flexibility index (Phi) is 7.73. The molecule has 4 N–H and O–H groups in total. The lowest BCUT2D eigenvalue weighted by Crippen LogP contribution is -2.19. The fourth-order valence-electron chi connectivity index (χ4n) is 2.30. The molecule has 0 spiro atoms. The van der Waals surface area contributed by atoms with Crippen molar-refractivity contribution in [3.05, 3.63) is 41.6 Å². The van der Waals surface area contributed by atoms with Gasteiger partial charge in [0.05, 0.1) is 12.7 Å². The van der Waals surface area contributed by atoms with Crippen molar-refractivity contribution in [2.24, 2.45) is 5.73 Å². The Balaban J connectivity index is 2.07. The van der Waals surface area contributed by atoms with Crippen molar-refractivity contribution >= 4 is 17.5 Å². The highest BCUT2D eigenvalue weighted by Gasteiger charge is 2.31. The first-order chi connectivity index (χ1) is 13.8. The molecule has 1 aromatic carbocycles. The van der Waals surface area contributed by atoms with E-state index in [1.165, 1.54) is 24.4 Å². The maximum absolute atomic E-state index is 12.5. The van der Waals surface area contributed by atoms with E-state index in [4.69, 9.17) is 11.0 Å². The molecule has 1 heterocycles. The molecule has 0 aliphatic carbocycles. The second-order valence-corrected chi connectivity index (χ2v) is 5.86. The highest BCUT2D eigenvalue weighted by atomic mass is 19.4. The molecule has 0 bridgehead atoms. The van der Waals surface area contributed by atoms with Crippen molar-refractivity contribution in [1.29, 1.82) is 5.26 Å². The predicted molar refractivity (Wildman–Crippen MR) is 99.0 cm³/mol. The van der Waals surface area contributed by atoms with Crippen molar-refractivity contribution in [3.63, 3.8) is 0 Å². The SMILES string of the molecule is N#Cc1cnc(NCc2ccccc2OC(F)(F)F)nc1NCC(=O)CCCN. The second kappa shape index (κ2) is 10.2. The third-order valence-electron chi connectivity index (χ3n) is 3.66. The van der Waals surface area contributed by atoms with Crippen molar-refractivity contribution in [2.75, 3.05) is 23.7 Å². The Morgan fingerprint density at radius 2 is 2.03 bits per heavy atom. The van der Waals surface area contributed by atoms with Crippen molar-refractivity contribution < 1.29 is 22.7 Å². The Morgan fingerprint density at radius 1 is 1.28 bits per heavy atom. The highest BCUT2D eigenvalue weighted by molar-refractivity contribution is 5.83. The summed E-state index contributed by atoms with van der Waals surface area (Å²) in [6.07, 6.45) is -2.70. The van der Waals surface area contributed by atoms with E-state index in [1.54, 1.807) is 6.07 Å². The number of hydrogen-bond donors (Lipinski definition) is 3. The number of aromatic nitrogens is 2. The molecule has 0 aliphatic heterocycles. The van der Waals surface area contributed by atoms with Crippen LogP contribution in [0.1, 0.15) is 24.0 Å². The number of carbonyl (C=O) groups excluding carboxylic acids is 1. The van der Waals surface area contributed by atoms with E-state index in [-0.39, 0.29) is 47.5 Å². The molecule has 2 aromatic rings. The van der Waals surface area contributed by atoms with Gasteiger partial charge in [0.2, 0.25) is 5.95 Å². The zero-order chi connectivity index (χ0) is 21.3. The Labute approximate surface area is 164 Å². The normalized spacial score (nSPS) is 10.9. The summed E-state index contributed by atoms with van der Waals surface area (Å²) in [5.41, 5.74) is 5.73. The molecule has 8 nitrogen and oxygen atoms in total. The summed E-state index contributed by atoms with van der Waals surface area (Å²) < 4.78 is 41.5. The van der Waals surface area contributed by atoms with Gasteiger partial charge in [-0.15, -0.1) is 13.2 Å². The molecule has 11 heteroatoms. The lowest BCUT2D eigenvalue weighted by molar-refractivity contribution is -0.274. The predicted octanol–water partition coefficient (Wildman–Crippen LogP) is 2.58. The Hall–Kier alpha value is -3.39. The van der Waals surface area contributed by atoms with Gasteiger partial charge in [-0.1, -0.05) is 18.2 Å². The van der Waals surface area contributed by atoms with E-state index < -0.39 is 6.36 Å². The molecule has 0 saturated carbocycles. The number of alkyl halides is 3. The highest BCUT2D eigenvalue weighted by Crippen LogP contribution is 2.26. The molecule has 0 radical (unpaired) electrons. The van der Waals surface area contributed by atoms with Crippen LogP contribution in [0.4, 0.5) is 24.9 Å². The van der Waals surface area contributed by atoms with Gasteiger partial charge in [-0.25, -0.2) is 4.98 Å². The van der Waals surface area contributed by atoms with Crippen LogP contribution in [0.2, 0.25) is 0 Å². The molecule has 0 unspecified atom stereocenters. The molecule has 0 atom stereocenters. The zero-order valence-corrected chi connectivity index (χ0v) is 15.3. The number of nitrogens with one attached hydrogen (secondary N) is 2. The first-order valence-corrected chi connectivity index (χ1v) is 8.62. The summed E-state index contributed by atoms with van der Waals surface area (Å²) in [7, 11) is 0. The quantitative estimate of drug-likeness (QED) is 0.548. The van der Waals surface area contributed by atoms with E-state index in [9.17, 15) is 18.0 Å². The van der Waals surface area contributed by atoms with Gasteiger partial charge in [-0.2, -0.15) is 10.2 Å². The van der Waals surface area contributed by atoms with Crippen molar-refractivity contribution in [1.82, 2.24) is 9.97 Å². The molecule has 0 aliphatic rings. The van der Waals surface area contributed by atoms with Crippen LogP contribution >= 0.6 is 0 Å². The smallest absolute Gasteiger partial charge is 0.405 e. The molecule has 29 heavy (non-hydrogen) atoms. The van der Waals surface area contributed by atoms with Crippen LogP contribution in [0.5, 0.6) is 5.75 Å². The molecule has 0 fully saturated rings. The van der Waals surface area contributed by atoms with Gasteiger partial charge in [0.1, 0.15) is 23.2 Å². The number of halogens is 3. The molecule has 0 saturated heterocycles. The average molecular weight is 408 g/mol. The lowest BCUT2D eigenvalue weighted by atomic mass is 10.2. The number of nitrogens with zero attached hydrogens (tertiary/aromatic N) is 3. The number of rotatable bonds is 10. The topological polar surface area (TPSA) is 126 Å². The second-order valence-electron chi connectivity index (χ2n) is 5.86. The van der Waals surface area contributed by atoms with Gasteiger partial charge < -0.3 is 21.1 Å². The number of ether oxygens (including phenoxy) is 1. The zero-order valence-electron chi connectivity index (χ0n) is 15.3. The molecule has 1 aromatic heterocycles. The molecular weight excluding hydrogens is 389 g/mol. The monoisotopic (exact) mass is 408 g/mol. The third-order valence-corrected chi connectivity index (χ3v) is 3.66. The third kappa shape index (κ3) is 7.27. The van der Waals surface area contributed by atoms with Gasteiger partial charge in [0.25, 0.3) is 0 Å². The standard InChI is InChI=1S/C18H19F3N6O2/c19-18(20,21)29-15-6-2-1-4-12(15)9-25-17-26-10-13(8-23)16(27-17)24-11-14(28)5-3-7-22/h1-2,4,6,10H,3,5,7,9,11,22H2,(H2,24,25,26,27). The summed E-state index contributed by atoms with van der Waals surface area (Å²) in [5, 5.41) is 14.7. The van der Waals surface area contributed by atoms with Crippen LogP contribution in [-0.4, -0.2) is 35.2 Å². The summed E-state index contributed by atoms with van der Waals surface area (Å²) in [4.78, 5) is 19.8. The van der Waals surface area contributed by atoms with E-state index in [0.29, 0.717) is 19.4 Å². The van der Waals surface area contributed by atoms with Gasteiger partial charge in [-0.3, -0.25) is 4.79 Å². The summed E-state index contributed by atoms with van der Waals surface area (Å²) in [6.45, 7) is 0.316. The summed E-state index contributed by atoms with van der Waals surface area (Å²) in [6, 6.07) is 7.56. The van der Waals surface area contributed by atoms with E-state index in [0.717, 1.165) is 0 Å². The van der Waals surface area contributed by atoms with E-state index >= 15 is 0 Å². The number of nitrogens with two attached hydrogens (primary N) is 1. The van der Waals surface area contributed by atoms with Crippen LogP contribution in [0.15, 0.2) is 30.5 Å². The van der Waals surface area contributed by atoms with Crippen LogP contribution in [0, 0.1) is 11.3 Å². The number of carbonyl (C=O) groups is 1. The van der Waals surface area contributed by atoms with Crippen molar-refractivity contribution in [2.45, 2.75) is 25.7 Å². The van der Waals surface area contributed by atoms with E-state index in [2.05, 4.69) is 25.3 Å². The summed E-state index contributed by atoms with van der Waals surface area (Å²) >= 11 is 0. The largest absolute Gasteiger partial charge is 0.573 e. The molecule has 154 valence electrons. The van der Waals surface area contributed by atoms with Crippen LogP contribution in [-0.2, 0) is 11.3 Å². The number of benzene rings is 1. The lowest BCUT2D eigenvalue weighted by Gasteiger charge is -2.14. The number of para-hydroxylation sites is 1. The van der Waals surface area contributed by atoms with Gasteiger partial charge >= 0.3 is 6.36 Å². The molecule has 2 rings (SSSR count). The van der Waals surface area contributed by atoms with Crippen LogP contribution in [0.3, 0.4) is 0 Å². The van der Waals surface area contributed by atoms with Gasteiger partial charge in [0, 0.05) is 18.5 Å². The Morgan fingerprint density at radius 3 is 2.72 bits per heavy atom. The Bertz CT molecular complexity index is 883. The van der Waals surface area contributed by atoms with Crippen LogP contribution < -0.4 is 21.1 Å². The maximum Gasteiger partial charge on any atom is 0.573 e. The molecular formula is C18H19F3N6O2. The fourth-order valence-corrected chi connectivity index (χ4v) is 2.30. The maximum atomic E-state index is 12.5. The number of ketones is 1. The summed E-state index contributed by atoms with van der Waals surface area (Å²) in [5.74, 6) is -0.218. The van der Waals surface area contributed by atoms with Crippen molar-refractivity contribution in [3.8, 4) is 11.8 Å². The first kappa shape index (κ1) is 21.9. The average Bonchev–Trinajstić information content (AvgIpc) is 2.69. The minimum absolute atomic E-state index is 0.0343.